The second-order valence-corrected chi connectivity index (χ2v) is 17.6. The first-order chi connectivity index (χ1) is 24.4. The molecule has 0 aliphatic rings. The highest BCUT2D eigenvalue weighted by atomic mass is 32.1. The maximum atomic E-state index is 16.2. The highest BCUT2D eigenvalue weighted by Gasteiger charge is 2.27. The van der Waals surface area contributed by atoms with Gasteiger partial charge in [-0.3, -0.25) is 0 Å². The molecule has 0 bridgehead atoms. The molecule has 0 radical (unpaired) electrons. The number of carbonyl (C=O) groups excluding carboxylic acids is 1. The molecule has 9 heteroatoms. The van der Waals surface area contributed by atoms with E-state index in [1.807, 2.05) is 5.38 Å². The fourth-order valence-electron chi connectivity index (χ4n) is 6.60. The van der Waals surface area contributed by atoms with Gasteiger partial charge < -0.3 is 14.2 Å². The number of fused-ring (bicyclic) bond motifs is 3. The Balaban J connectivity index is 1.54. The van der Waals surface area contributed by atoms with Gasteiger partial charge in [0.05, 0.1) is 34.1 Å². The standard InChI is InChI=1S/C41H55FO4S4/c1-7-13-16-26(10-4)22-44-35-29-19-20-47-37(29)36(45-23-27(11-5)17-14-8-2)30-21-31(49-38(30)35)39-33-32(25-48-39)50-40(34(33)42)41(43)46-24-28(12-6)18-15-9-3/h19-21,25-28H,7-18,22-24H2,1-6H3. The molecule has 0 N–H and O–H groups in total. The average molecular weight is 759 g/mol. The summed E-state index contributed by atoms with van der Waals surface area (Å²) in [6, 6.07) is 4.33. The fraction of sp³-hybridized carbons (Fsp3) is 0.585. The van der Waals surface area contributed by atoms with E-state index in [9.17, 15) is 4.79 Å². The largest absolute Gasteiger partial charge is 0.491 e. The topological polar surface area (TPSA) is 44.8 Å². The summed E-state index contributed by atoms with van der Waals surface area (Å²) in [7, 11) is 0. The Morgan fingerprint density at radius 1 is 0.740 bits per heavy atom. The SMILES string of the molecule is CCCCC(CC)COC(=O)c1sc2csc(-c3cc4c(OCC(CC)CCCC)c5sccc5c(OCC(CC)CCCC)c4s3)c2c1F. The maximum Gasteiger partial charge on any atom is 0.351 e. The molecule has 50 heavy (non-hydrogen) atoms. The van der Waals surface area contributed by atoms with E-state index in [4.69, 9.17) is 14.2 Å². The first-order valence-electron chi connectivity index (χ1n) is 19.0. The van der Waals surface area contributed by atoms with Crippen molar-refractivity contribution in [1.82, 2.24) is 0 Å². The lowest BCUT2D eigenvalue weighted by Crippen LogP contribution is -2.14. The van der Waals surface area contributed by atoms with Crippen LogP contribution in [0.25, 0.3) is 40.0 Å². The summed E-state index contributed by atoms with van der Waals surface area (Å²) in [6.45, 7) is 14.9. The molecule has 1 aromatic carbocycles. The Labute approximate surface area is 314 Å². The van der Waals surface area contributed by atoms with Gasteiger partial charge in [0.25, 0.3) is 0 Å². The van der Waals surface area contributed by atoms with Crippen LogP contribution >= 0.6 is 45.3 Å². The third-order valence-electron chi connectivity index (χ3n) is 10.1. The zero-order valence-electron chi connectivity index (χ0n) is 30.8. The number of hydrogen-bond acceptors (Lipinski definition) is 8. The first kappa shape index (κ1) is 39.0. The first-order valence-corrected chi connectivity index (χ1v) is 22.4. The second-order valence-electron chi connectivity index (χ2n) is 13.7. The van der Waals surface area contributed by atoms with E-state index in [2.05, 4.69) is 59.1 Å². The number of rotatable bonds is 22. The lowest BCUT2D eigenvalue weighted by atomic mass is 10.0. The molecular weight excluding hydrogens is 704 g/mol. The third kappa shape index (κ3) is 8.87. The molecule has 0 amide bonds. The Hall–Kier alpha value is -2.20. The van der Waals surface area contributed by atoms with Crippen LogP contribution < -0.4 is 9.47 Å². The minimum Gasteiger partial charge on any atom is -0.491 e. The van der Waals surface area contributed by atoms with Crippen LogP contribution in [0.3, 0.4) is 0 Å². The van der Waals surface area contributed by atoms with E-state index < -0.39 is 11.8 Å². The lowest BCUT2D eigenvalue weighted by molar-refractivity contribution is 0.0429. The zero-order valence-corrected chi connectivity index (χ0v) is 34.1. The predicted octanol–water partition coefficient (Wildman–Crippen LogP) is 14.8. The molecule has 0 aliphatic heterocycles. The molecule has 3 atom stereocenters. The van der Waals surface area contributed by atoms with E-state index in [0.29, 0.717) is 43.0 Å². The summed E-state index contributed by atoms with van der Waals surface area (Å²) < 4.78 is 38.4. The van der Waals surface area contributed by atoms with Gasteiger partial charge in [-0.25, -0.2) is 9.18 Å². The summed E-state index contributed by atoms with van der Waals surface area (Å²) in [5, 5.41) is 6.73. The van der Waals surface area contributed by atoms with Crippen LogP contribution in [0.15, 0.2) is 22.9 Å². The van der Waals surface area contributed by atoms with Gasteiger partial charge in [-0.05, 0) is 54.5 Å². The number of benzene rings is 1. The molecular formula is C41H55FO4S4. The minimum absolute atomic E-state index is 0.0689. The van der Waals surface area contributed by atoms with Crippen molar-refractivity contribution in [3.05, 3.63) is 33.6 Å². The zero-order chi connectivity index (χ0) is 35.6. The molecule has 0 spiro atoms. The van der Waals surface area contributed by atoms with Crippen molar-refractivity contribution in [2.45, 2.75) is 119 Å². The molecule has 5 aromatic rings. The van der Waals surface area contributed by atoms with Gasteiger partial charge in [0.1, 0.15) is 16.4 Å². The maximum absolute atomic E-state index is 16.2. The van der Waals surface area contributed by atoms with Gasteiger partial charge >= 0.3 is 5.97 Å². The molecule has 4 heterocycles. The quantitative estimate of drug-likeness (QED) is 0.0659. The van der Waals surface area contributed by atoms with Crippen LogP contribution in [-0.4, -0.2) is 25.8 Å². The van der Waals surface area contributed by atoms with Crippen molar-refractivity contribution in [3.8, 4) is 21.3 Å². The van der Waals surface area contributed by atoms with E-state index >= 15 is 4.39 Å². The van der Waals surface area contributed by atoms with Crippen LogP contribution in [0.4, 0.5) is 4.39 Å². The molecule has 4 aromatic heterocycles. The van der Waals surface area contributed by atoms with Crippen molar-refractivity contribution in [3.63, 3.8) is 0 Å². The fourth-order valence-corrected chi connectivity index (χ4v) is 11.0. The lowest BCUT2D eigenvalue weighted by Gasteiger charge is -2.19. The Morgan fingerprint density at radius 3 is 1.90 bits per heavy atom. The van der Waals surface area contributed by atoms with Crippen LogP contribution in [0.1, 0.15) is 128 Å². The number of esters is 1. The van der Waals surface area contributed by atoms with E-state index in [1.54, 1.807) is 22.7 Å². The second kappa shape index (κ2) is 19.0. The molecule has 0 saturated carbocycles. The van der Waals surface area contributed by atoms with Gasteiger partial charge in [-0.15, -0.1) is 45.3 Å². The number of halogens is 1. The number of unbranched alkanes of at least 4 members (excludes halogenated alkanes) is 3. The van der Waals surface area contributed by atoms with Crippen LogP contribution in [0.2, 0.25) is 0 Å². The molecule has 5 rings (SSSR count). The number of carbonyl (C=O) groups is 1. The van der Waals surface area contributed by atoms with Crippen molar-refractivity contribution < 1.29 is 23.4 Å². The van der Waals surface area contributed by atoms with Crippen molar-refractivity contribution >= 4 is 81.6 Å². The summed E-state index contributed by atoms with van der Waals surface area (Å²) in [4.78, 5) is 15.0. The molecule has 4 nitrogen and oxygen atoms in total. The summed E-state index contributed by atoms with van der Waals surface area (Å²) >= 11 is 6.07. The molecule has 0 fully saturated rings. The van der Waals surface area contributed by atoms with Gasteiger partial charge in [0, 0.05) is 31.1 Å². The van der Waals surface area contributed by atoms with Crippen molar-refractivity contribution in [2.24, 2.45) is 17.8 Å². The van der Waals surface area contributed by atoms with E-state index in [-0.39, 0.29) is 4.88 Å². The number of hydrogen-bond donors (Lipinski definition) is 0. The Morgan fingerprint density at radius 2 is 1.32 bits per heavy atom. The number of ether oxygens (including phenoxy) is 3. The molecule has 3 unspecified atom stereocenters. The normalized spacial score (nSPS) is 13.7. The highest BCUT2D eigenvalue weighted by molar-refractivity contribution is 7.29. The van der Waals surface area contributed by atoms with Crippen LogP contribution in [0.5, 0.6) is 11.5 Å². The van der Waals surface area contributed by atoms with Crippen molar-refractivity contribution in [2.75, 3.05) is 19.8 Å². The smallest absolute Gasteiger partial charge is 0.351 e. The van der Waals surface area contributed by atoms with Gasteiger partial charge in [0.15, 0.2) is 5.82 Å². The van der Waals surface area contributed by atoms with E-state index in [0.717, 1.165) is 97.5 Å². The van der Waals surface area contributed by atoms with E-state index in [1.165, 1.54) is 48.4 Å². The third-order valence-corrected chi connectivity index (χ3v) is 14.6. The van der Waals surface area contributed by atoms with Crippen LogP contribution in [-0.2, 0) is 4.74 Å². The molecule has 0 saturated heterocycles. The minimum atomic E-state index is -0.556. The summed E-state index contributed by atoms with van der Waals surface area (Å²) in [5.74, 6) is 2.08. The monoisotopic (exact) mass is 758 g/mol. The molecule has 0 aliphatic carbocycles. The average Bonchev–Trinajstić information content (AvgIpc) is 3.93. The summed E-state index contributed by atoms with van der Waals surface area (Å²) in [6.07, 6.45) is 13.4. The van der Waals surface area contributed by atoms with Gasteiger partial charge in [0.2, 0.25) is 0 Å². The van der Waals surface area contributed by atoms with Crippen LogP contribution in [0, 0.1) is 23.6 Å². The predicted molar refractivity (Wildman–Crippen MR) is 217 cm³/mol. The van der Waals surface area contributed by atoms with Gasteiger partial charge in [-0.2, -0.15) is 0 Å². The Bertz CT molecular complexity index is 1740. The Kier molecular flexibility index (Phi) is 14.9. The molecule has 274 valence electrons. The van der Waals surface area contributed by atoms with Gasteiger partial charge in [-0.1, -0.05) is 99.3 Å². The van der Waals surface area contributed by atoms with Crippen molar-refractivity contribution in [1.29, 1.82) is 0 Å². The highest BCUT2D eigenvalue weighted by Crippen LogP contribution is 2.53. The summed E-state index contributed by atoms with van der Waals surface area (Å²) in [5.41, 5.74) is 0. The number of thiophene rings is 4.